The number of carboxylic acids is 1. The topological polar surface area (TPSA) is 113 Å². The van der Waals surface area contributed by atoms with Crippen LogP contribution >= 0.6 is 0 Å². The number of aryl methyl sites for hydroxylation is 1. The normalized spacial score (nSPS) is 14.8. The average molecular weight is 581 g/mol. The molecular formula is C30H24F4N4O4. The summed E-state index contributed by atoms with van der Waals surface area (Å²) in [5.41, 5.74) is 1.06. The van der Waals surface area contributed by atoms with Crippen molar-refractivity contribution in [2.45, 2.75) is 31.1 Å². The van der Waals surface area contributed by atoms with E-state index in [0.29, 0.717) is 38.2 Å². The number of fused-ring (bicyclic) bond motifs is 1. The van der Waals surface area contributed by atoms with Gasteiger partial charge in [0.1, 0.15) is 28.4 Å². The zero-order valence-corrected chi connectivity index (χ0v) is 22.0. The molecule has 3 aromatic carbocycles. The summed E-state index contributed by atoms with van der Waals surface area (Å²) in [6.45, 7) is 0.943. The molecule has 3 N–H and O–H groups in total. The molecule has 3 heterocycles. The van der Waals surface area contributed by atoms with Crippen molar-refractivity contribution in [1.29, 1.82) is 0 Å². The summed E-state index contributed by atoms with van der Waals surface area (Å²) >= 11 is 0. The quantitative estimate of drug-likeness (QED) is 0.144. The molecule has 6 rings (SSSR count). The highest BCUT2D eigenvalue weighted by molar-refractivity contribution is 5.78. The summed E-state index contributed by atoms with van der Waals surface area (Å²) in [5, 5.41) is 9.10. The fourth-order valence-corrected chi connectivity index (χ4v) is 5.41. The number of aromatic amines is 2. The summed E-state index contributed by atoms with van der Waals surface area (Å²) in [6.07, 6.45) is 4.21. The second-order valence-electron chi connectivity index (χ2n) is 10.1. The van der Waals surface area contributed by atoms with E-state index in [-0.39, 0.29) is 23.6 Å². The van der Waals surface area contributed by atoms with Gasteiger partial charge in [0, 0.05) is 36.9 Å². The second-order valence-corrected chi connectivity index (χ2v) is 10.1. The molecule has 0 aliphatic carbocycles. The van der Waals surface area contributed by atoms with Crippen LogP contribution in [-0.4, -0.2) is 44.2 Å². The van der Waals surface area contributed by atoms with Gasteiger partial charge >= 0.3 is 5.97 Å². The standard InChI is InChI=1S/C30H24F4N4O4/c31-20-6-5-18(42-28-24(33)23(32)26-27(25(28)34)37-15-36-26)13-19(20)29-35-14-21(38-29)30(8-10-41-11-9-30)17-3-1-2-16(12-17)4-7-22(39)40/h1-3,5-6,12-15H,4,7-11H2,(H,35,38)(H,36,37)(H,39,40). The molecule has 216 valence electrons. The lowest BCUT2D eigenvalue weighted by atomic mass is 9.71. The number of nitrogens with one attached hydrogen (secondary N) is 2. The zero-order valence-electron chi connectivity index (χ0n) is 22.0. The number of hydrogen-bond acceptors (Lipinski definition) is 5. The molecule has 0 atom stereocenters. The lowest BCUT2D eigenvalue weighted by Gasteiger charge is -2.37. The van der Waals surface area contributed by atoms with Crippen LogP contribution in [0.2, 0.25) is 0 Å². The van der Waals surface area contributed by atoms with Crippen LogP contribution in [0, 0.1) is 23.3 Å². The third kappa shape index (κ3) is 4.87. The first-order chi connectivity index (χ1) is 20.3. The van der Waals surface area contributed by atoms with E-state index in [0.717, 1.165) is 29.6 Å². The number of nitrogens with zero attached hydrogens (tertiary/aromatic N) is 2. The third-order valence-electron chi connectivity index (χ3n) is 7.62. The van der Waals surface area contributed by atoms with Crippen molar-refractivity contribution in [2.75, 3.05) is 13.2 Å². The van der Waals surface area contributed by atoms with E-state index < -0.39 is 51.4 Å². The maximum Gasteiger partial charge on any atom is 0.303 e. The summed E-state index contributed by atoms with van der Waals surface area (Å²) in [7, 11) is 0. The van der Waals surface area contributed by atoms with Gasteiger partial charge < -0.3 is 24.5 Å². The Balaban J connectivity index is 1.35. The molecule has 0 unspecified atom stereocenters. The minimum absolute atomic E-state index is 0.00145. The van der Waals surface area contributed by atoms with Crippen LogP contribution in [-0.2, 0) is 21.4 Å². The van der Waals surface area contributed by atoms with E-state index >= 15 is 4.39 Å². The molecule has 1 aliphatic rings. The Morgan fingerprint density at radius 2 is 1.83 bits per heavy atom. The minimum Gasteiger partial charge on any atom is -0.481 e. The number of aliphatic carboxylic acids is 1. The Kier molecular flexibility index (Phi) is 7.15. The maximum absolute atomic E-state index is 15.1. The van der Waals surface area contributed by atoms with E-state index in [1.54, 1.807) is 6.20 Å². The first-order valence-corrected chi connectivity index (χ1v) is 13.2. The van der Waals surface area contributed by atoms with Gasteiger partial charge in [0.15, 0.2) is 11.6 Å². The lowest BCUT2D eigenvalue weighted by Crippen LogP contribution is -2.35. The van der Waals surface area contributed by atoms with Gasteiger partial charge in [0.2, 0.25) is 11.6 Å². The number of aromatic nitrogens is 4. The monoisotopic (exact) mass is 580 g/mol. The number of ether oxygens (including phenoxy) is 2. The molecule has 2 aromatic heterocycles. The van der Waals surface area contributed by atoms with Crippen LogP contribution in [0.15, 0.2) is 55.0 Å². The summed E-state index contributed by atoms with van der Waals surface area (Å²) in [6, 6.07) is 11.1. The van der Waals surface area contributed by atoms with Crippen LogP contribution in [0.3, 0.4) is 0 Å². The fraction of sp³-hybridized carbons (Fsp3) is 0.233. The molecule has 0 spiro atoms. The van der Waals surface area contributed by atoms with E-state index in [1.807, 2.05) is 24.3 Å². The Morgan fingerprint density at radius 3 is 2.62 bits per heavy atom. The Labute approximate surface area is 236 Å². The maximum atomic E-state index is 15.1. The van der Waals surface area contributed by atoms with Gasteiger partial charge in [-0.3, -0.25) is 4.79 Å². The number of carbonyl (C=O) groups is 1. The lowest BCUT2D eigenvalue weighted by molar-refractivity contribution is -0.136. The summed E-state index contributed by atoms with van der Waals surface area (Å²) in [5.74, 6) is -6.68. The predicted octanol–water partition coefficient (Wildman–Crippen LogP) is 6.42. The number of halogens is 4. The van der Waals surface area contributed by atoms with Crippen LogP contribution in [0.25, 0.3) is 22.4 Å². The molecule has 1 fully saturated rings. The first-order valence-electron chi connectivity index (χ1n) is 13.2. The number of hydrogen-bond donors (Lipinski definition) is 3. The van der Waals surface area contributed by atoms with Crippen molar-refractivity contribution < 1.29 is 36.9 Å². The SMILES string of the molecule is O=C(O)CCc1cccc(C2(c3cnc(-c4cc(Oc5c(F)c(F)c6[nH]cnc6c5F)ccc4F)[nH]3)CCOCC2)c1. The Morgan fingerprint density at radius 1 is 1.02 bits per heavy atom. The summed E-state index contributed by atoms with van der Waals surface area (Å²) < 4.78 is 70.1. The van der Waals surface area contributed by atoms with Crippen molar-refractivity contribution in [3.63, 3.8) is 0 Å². The second kappa shape index (κ2) is 10.9. The molecule has 0 radical (unpaired) electrons. The highest BCUT2D eigenvalue weighted by Crippen LogP contribution is 2.42. The molecule has 42 heavy (non-hydrogen) atoms. The van der Waals surface area contributed by atoms with Crippen LogP contribution in [0.1, 0.15) is 36.1 Å². The van der Waals surface area contributed by atoms with Crippen molar-refractivity contribution in [3.8, 4) is 22.9 Å². The van der Waals surface area contributed by atoms with Crippen molar-refractivity contribution in [1.82, 2.24) is 19.9 Å². The number of H-pyrrole nitrogens is 2. The largest absolute Gasteiger partial charge is 0.481 e. The van der Waals surface area contributed by atoms with Gasteiger partial charge in [-0.05, 0) is 48.6 Å². The van der Waals surface area contributed by atoms with Gasteiger partial charge in [-0.15, -0.1) is 0 Å². The molecule has 5 aromatic rings. The van der Waals surface area contributed by atoms with Crippen molar-refractivity contribution >= 4 is 17.0 Å². The van der Waals surface area contributed by atoms with Gasteiger partial charge in [-0.2, -0.15) is 4.39 Å². The molecule has 8 nitrogen and oxygen atoms in total. The number of rotatable bonds is 8. The molecule has 0 amide bonds. The highest BCUT2D eigenvalue weighted by Gasteiger charge is 2.38. The molecular weight excluding hydrogens is 556 g/mol. The minimum atomic E-state index is -1.55. The zero-order chi connectivity index (χ0) is 29.4. The van der Waals surface area contributed by atoms with Crippen LogP contribution in [0.4, 0.5) is 17.6 Å². The van der Waals surface area contributed by atoms with Crippen molar-refractivity contribution in [2.24, 2.45) is 0 Å². The average Bonchev–Trinajstić information content (AvgIpc) is 3.70. The van der Waals surface area contributed by atoms with Gasteiger partial charge in [0.25, 0.3) is 0 Å². The van der Waals surface area contributed by atoms with Gasteiger partial charge in [-0.25, -0.2) is 23.1 Å². The number of imidazole rings is 2. The Bertz CT molecular complexity index is 1800. The molecule has 1 aliphatic heterocycles. The first kappa shape index (κ1) is 27.5. The fourth-order valence-electron chi connectivity index (χ4n) is 5.41. The smallest absolute Gasteiger partial charge is 0.303 e. The van der Waals surface area contributed by atoms with Crippen molar-refractivity contribution in [3.05, 3.63) is 95.1 Å². The van der Waals surface area contributed by atoms with Crippen LogP contribution < -0.4 is 4.74 Å². The van der Waals surface area contributed by atoms with E-state index in [4.69, 9.17) is 14.6 Å². The van der Waals surface area contributed by atoms with Gasteiger partial charge in [-0.1, -0.05) is 24.3 Å². The summed E-state index contributed by atoms with van der Waals surface area (Å²) in [4.78, 5) is 24.7. The van der Waals surface area contributed by atoms with E-state index in [9.17, 15) is 18.0 Å². The van der Waals surface area contributed by atoms with Crippen LogP contribution in [0.5, 0.6) is 11.5 Å². The van der Waals surface area contributed by atoms with E-state index in [1.165, 1.54) is 6.07 Å². The van der Waals surface area contributed by atoms with E-state index in [2.05, 4.69) is 19.9 Å². The number of carboxylic acid groups (broad SMARTS) is 1. The predicted molar refractivity (Wildman–Crippen MR) is 143 cm³/mol. The number of benzene rings is 3. The molecule has 1 saturated heterocycles. The molecule has 0 saturated carbocycles. The third-order valence-corrected chi connectivity index (χ3v) is 7.62. The Hall–Kier alpha value is -4.71. The molecule has 12 heteroatoms. The highest BCUT2D eigenvalue weighted by atomic mass is 19.2. The van der Waals surface area contributed by atoms with Gasteiger partial charge in [0.05, 0.1) is 11.9 Å². The molecule has 0 bridgehead atoms.